The summed E-state index contributed by atoms with van der Waals surface area (Å²) < 4.78 is 2.24. The molecule has 0 radical (unpaired) electrons. The topological polar surface area (TPSA) is 4.93 Å². The van der Waals surface area contributed by atoms with Crippen LogP contribution in [0.3, 0.4) is 0 Å². The van der Waals surface area contributed by atoms with Gasteiger partial charge in [-0.15, -0.1) is 0 Å². The van der Waals surface area contributed by atoms with Crippen LogP contribution in [0.4, 0.5) is 0 Å². The summed E-state index contributed by atoms with van der Waals surface area (Å²) in [4.78, 5) is 0. The predicted octanol–water partition coefficient (Wildman–Crippen LogP) is 6.43. The Balaban J connectivity index is 0.000000409. The monoisotopic (exact) mass is 315 g/mol. The standard InChI is InChI=1S/C12H18.C9H15N.CH4/c1-7-8(2)10(4)12(6)11(5)9(7)3;1-6-7(2)9(4)10(5)8(6)3;/h1-6H3;1-5H3;1H4. The van der Waals surface area contributed by atoms with Crippen LogP contribution < -0.4 is 0 Å². The van der Waals surface area contributed by atoms with E-state index in [1.54, 1.807) is 0 Å². The van der Waals surface area contributed by atoms with Gasteiger partial charge in [0.05, 0.1) is 0 Å². The first-order valence-corrected chi connectivity index (χ1v) is 8.14. The third-order valence-electron chi connectivity index (χ3n) is 6.03. The van der Waals surface area contributed by atoms with Crippen molar-refractivity contribution in [3.05, 3.63) is 55.9 Å². The molecule has 0 unspecified atom stereocenters. The Labute approximate surface area is 144 Å². The maximum atomic E-state index is 2.24. The molecule has 0 N–H and O–H groups in total. The zero-order chi connectivity index (χ0) is 17.4. The number of nitrogens with zero attached hydrogens (tertiary/aromatic N) is 1. The highest BCUT2D eigenvalue weighted by Gasteiger charge is 2.08. The summed E-state index contributed by atoms with van der Waals surface area (Å²) in [6, 6.07) is 0. The molecule has 1 aromatic heterocycles. The van der Waals surface area contributed by atoms with E-state index in [4.69, 9.17) is 0 Å². The van der Waals surface area contributed by atoms with Crippen LogP contribution in [0.15, 0.2) is 0 Å². The van der Waals surface area contributed by atoms with E-state index in [2.05, 4.69) is 80.9 Å². The van der Waals surface area contributed by atoms with Gasteiger partial charge >= 0.3 is 0 Å². The third kappa shape index (κ3) is 3.88. The lowest BCUT2D eigenvalue weighted by Gasteiger charge is -2.15. The second-order valence-corrected chi connectivity index (χ2v) is 6.73. The van der Waals surface area contributed by atoms with Crippen molar-refractivity contribution in [1.82, 2.24) is 4.57 Å². The highest BCUT2D eigenvalue weighted by Crippen LogP contribution is 2.24. The fraction of sp³-hybridized carbons (Fsp3) is 0.545. The van der Waals surface area contributed by atoms with Crippen molar-refractivity contribution < 1.29 is 0 Å². The van der Waals surface area contributed by atoms with Gasteiger partial charge in [-0.05, 0) is 114 Å². The summed E-state index contributed by atoms with van der Waals surface area (Å²) in [6.45, 7) is 22.0. The van der Waals surface area contributed by atoms with Crippen molar-refractivity contribution in [3.63, 3.8) is 0 Å². The first-order valence-electron chi connectivity index (χ1n) is 8.14. The van der Waals surface area contributed by atoms with E-state index in [0.717, 1.165) is 0 Å². The van der Waals surface area contributed by atoms with Crippen LogP contribution in [0.25, 0.3) is 0 Å². The van der Waals surface area contributed by atoms with E-state index in [1.807, 2.05) is 0 Å². The molecule has 0 amide bonds. The van der Waals surface area contributed by atoms with Crippen molar-refractivity contribution in [2.45, 2.75) is 76.7 Å². The maximum Gasteiger partial charge on any atom is 0.0175 e. The van der Waals surface area contributed by atoms with Gasteiger partial charge in [0.15, 0.2) is 0 Å². The van der Waals surface area contributed by atoms with E-state index in [9.17, 15) is 0 Å². The average molecular weight is 316 g/mol. The number of hydrogen-bond donors (Lipinski definition) is 0. The molecule has 0 fully saturated rings. The number of hydrogen-bond acceptors (Lipinski definition) is 0. The normalized spacial score (nSPS) is 10.0. The van der Waals surface area contributed by atoms with Gasteiger partial charge in [-0.3, -0.25) is 0 Å². The Hall–Kier alpha value is -1.50. The highest BCUT2D eigenvalue weighted by atomic mass is 15.0. The van der Waals surface area contributed by atoms with Crippen LogP contribution in [-0.4, -0.2) is 4.57 Å². The van der Waals surface area contributed by atoms with Crippen molar-refractivity contribution in [1.29, 1.82) is 0 Å². The molecule has 0 saturated carbocycles. The first-order chi connectivity index (χ1) is 10.0. The van der Waals surface area contributed by atoms with Crippen LogP contribution in [0.5, 0.6) is 0 Å². The molecule has 1 heteroatoms. The zero-order valence-electron chi connectivity index (χ0n) is 16.4. The maximum absolute atomic E-state index is 2.24. The van der Waals surface area contributed by atoms with E-state index in [0.29, 0.717) is 0 Å². The smallest absolute Gasteiger partial charge is 0.0175 e. The molecule has 0 saturated heterocycles. The number of rotatable bonds is 0. The van der Waals surface area contributed by atoms with Crippen LogP contribution >= 0.6 is 0 Å². The Morgan fingerprint density at radius 3 is 0.652 bits per heavy atom. The lowest BCUT2D eigenvalue weighted by molar-refractivity contribution is 0.838. The van der Waals surface area contributed by atoms with Gasteiger partial charge < -0.3 is 4.57 Å². The minimum absolute atomic E-state index is 0. The van der Waals surface area contributed by atoms with Crippen LogP contribution in [0.1, 0.15) is 63.3 Å². The quantitative estimate of drug-likeness (QED) is 0.527. The number of benzene rings is 1. The molecular weight excluding hydrogens is 278 g/mol. The van der Waals surface area contributed by atoms with Gasteiger partial charge in [0.2, 0.25) is 0 Å². The van der Waals surface area contributed by atoms with E-state index >= 15 is 0 Å². The first kappa shape index (κ1) is 21.5. The van der Waals surface area contributed by atoms with Gasteiger partial charge in [0, 0.05) is 18.4 Å². The Kier molecular flexibility index (Phi) is 7.34. The molecule has 0 aliphatic heterocycles. The molecule has 23 heavy (non-hydrogen) atoms. The summed E-state index contributed by atoms with van der Waals surface area (Å²) in [5, 5.41) is 0. The molecule has 1 aromatic carbocycles. The van der Waals surface area contributed by atoms with Crippen molar-refractivity contribution in [3.8, 4) is 0 Å². The number of aromatic nitrogens is 1. The van der Waals surface area contributed by atoms with E-state index < -0.39 is 0 Å². The zero-order valence-corrected chi connectivity index (χ0v) is 16.4. The van der Waals surface area contributed by atoms with E-state index in [-0.39, 0.29) is 7.43 Å². The lowest BCUT2D eigenvalue weighted by atomic mass is 9.90. The molecule has 0 spiro atoms. The van der Waals surface area contributed by atoms with Crippen LogP contribution in [-0.2, 0) is 7.05 Å². The van der Waals surface area contributed by atoms with E-state index in [1.165, 1.54) is 55.9 Å². The summed E-state index contributed by atoms with van der Waals surface area (Å²) in [6.07, 6.45) is 0. The van der Waals surface area contributed by atoms with Crippen molar-refractivity contribution in [2.24, 2.45) is 7.05 Å². The largest absolute Gasteiger partial charge is 0.352 e. The lowest BCUT2D eigenvalue weighted by Crippen LogP contribution is -1.98. The average Bonchev–Trinajstić information content (AvgIpc) is 2.67. The summed E-state index contributed by atoms with van der Waals surface area (Å²) in [7, 11) is 2.12. The van der Waals surface area contributed by atoms with Gasteiger partial charge in [0.1, 0.15) is 0 Å². The summed E-state index contributed by atoms with van der Waals surface area (Å²) in [5.74, 6) is 0. The molecule has 0 bridgehead atoms. The van der Waals surface area contributed by atoms with Crippen molar-refractivity contribution >= 4 is 0 Å². The SMILES string of the molecule is C.Cc1c(C)c(C)c(C)c(C)c1C.Cc1c(C)c(C)n(C)c1C. The second-order valence-electron chi connectivity index (χ2n) is 6.73. The molecule has 2 rings (SSSR count). The molecule has 130 valence electrons. The molecule has 0 aliphatic carbocycles. The Bertz CT molecular complexity index is 514. The van der Waals surface area contributed by atoms with Gasteiger partial charge in [-0.25, -0.2) is 0 Å². The van der Waals surface area contributed by atoms with Crippen molar-refractivity contribution in [2.75, 3.05) is 0 Å². The fourth-order valence-electron chi connectivity index (χ4n) is 2.98. The van der Waals surface area contributed by atoms with Gasteiger partial charge in [-0.2, -0.15) is 0 Å². The molecule has 1 nitrogen and oxygen atoms in total. The minimum atomic E-state index is 0. The Morgan fingerprint density at radius 1 is 0.391 bits per heavy atom. The molecule has 1 heterocycles. The van der Waals surface area contributed by atoms with Gasteiger partial charge in [-0.1, -0.05) is 7.43 Å². The highest BCUT2D eigenvalue weighted by molar-refractivity contribution is 5.48. The molecule has 0 atom stereocenters. The Morgan fingerprint density at radius 2 is 0.565 bits per heavy atom. The second kappa shape index (κ2) is 7.86. The summed E-state index contributed by atoms with van der Waals surface area (Å²) >= 11 is 0. The molecule has 0 aliphatic rings. The van der Waals surface area contributed by atoms with Gasteiger partial charge in [0.25, 0.3) is 0 Å². The predicted molar refractivity (Wildman–Crippen MR) is 106 cm³/mol. The van der Waals surface area contributed by atoms with Crippen LogP contribution in [0, 0.1) is 69.2 Å². The third-order valence-corrected chi connectivity index (χ3v) is 6.03. The molecular formula is C22H37N. The van der Waals surface area contributed by atoms with Crippen LogP contribution in [0.2, 0.25) is 0 Å². The minimum Gasteiger partial charge on any atom is -0.352 e. The molecule has 2 aromatic rings. The summed E-state index contributed by atoms with van der Waals surface area (Å²) in [5.41, 5.74) is 14.4. The fourth-order valence-corrected chi connectivity index (χ4v) is 2.98.